The number of aromatic amines is 1. The average Bonchev–Trinajstić information content (AvgIpc) is 3.64. The van der Waals surface area contributed by atoms with E-state index < -0.39 is 17.6 Å². The van der Waals surface area contributed by atoms with Gasteiger partial charge in [0.1, 0.15) is 12.0 Å². The van der Waals surface area contributed by atoms with Crippen LogP contribution in [-0.4, -0.2) is 68.5 Å². The molecule has 4 heterocycles. The molecule has 0 bridgehead atoms. The van der Waals surface area contributed by atoms with Crippen LogP contribution in [0.4, 0.5) is 36.2 Å². The predicted molar refractivity (Wildman–Crippen MR) is 155 cm³/mol. The van der Waals surface area contributed by atoms with Crippen molar-refractivity contribution in [3.63, 3.8) is 0 Å². The summed E-state index contributed by atoms with van der Waals surface area (Å²) in [5.74, 6) is 0.477. The van der Waals surface area contributed by atoms with Gasteiger partial charge in [0.15, 0.2) is 5.82 Å². The Morgan fingerprint density at radius 3 is 2.60 bits per heavy atom. The third-order valence-corrected chi connectivity index (χ3v) is 7.32. The number of anilines is 4. The number of benzene rings is 2. The lowest BCUT2D eigenvalue weighted by Gasteiger charge is -2.34. The number of carbonyl (C=O) groups is 1. The van der Waals surface area contributed by atoms with E-state index in [2.05, 4.69) is 35.5 Å². The van der Waals surface area contributed by atoms with Crippen LogP contribution >= 0.6 is 0 Å². The molecule has 1 amide bonds. The summed E-state index contributed by atoms with van der Waals surface area (Å²) in [6.07, 6.45) is 2.05. The van der Waals surface area contributed by atoms with Gasteiger partial charge in [-0.1, -0.05) is 6.07 Å². The monoisotopic (exact) mass is 575 g/mol. The van der Waals surface area contributed by atoms with Gasteiger partial charge in [0.05, 0.1) is 10.9 Å². The number of aromatic nitrogens is 5. The molecule has 13 heteroatoms. The van der Waals surface area contributed by atoms with Gasteiger partial charge in [-0.25, -0.2) is 15.0 Å². The molecule has 42 heavy (non-hydrogen) atoms. The number of hydrogen-bond acceptors (Lipinski definition) is 7. The third-order valence-electron chi connectivity index (χ3n) is 7.32. The summed E-state index contributed by atoms with van der Waals surface area (Å²) in [6.45, 7) is 4.49. The van der Waals surface area contributed by atoms with E-state index >= 15 is 0 Å². The number of nitrogens with zero attached hydrogens (tertiary/aromatic N) is 6. The van der Waals surface area contributed by atoms with E-state index in [-0.39, 0.29) is 5.56 Å². The number of H-pyrrole nitrogens is 1. The number of fused-ring (bicyclic) bond motifs is 1. The molecule has 0 atom stereocenters. The first-order valence-electron chi connectivity index (χ1n) is 13.3. The van der Waals surface area contributed by atoms with Gasteiger partial charge in [-0.3, -0.25) is 9.36 Å². The summed E-state index contributed by atoms with van der Waals surface area (Å²) in [6, 6.07) is 10.6. The van der Waals surface area contributed by atoms with E-state index in [1.165, 1.54) is 12.4 Å². The van der Waals surface area contributed by atoms with E-state index in [9.17, 15) is 18.0 Å². The molecular weight excluding hydrogens is 547 g/mol. The van der Waals surface area contributed by atoms with E-state index in [0.717, 1.165) is 36.2 Å². The Hall–Kier alpha value is -4.91. The summed E-state index contributed by atoms with van der Waals surface area (Å²) in [4.78, 5) is 33.4. The number of hydrogen-bond donors (Lipinski definition) is 3. The van der Waals surface area contributed by atoms with Gasteiger partial charge in [0.2, 0.25) is 5.95 Å². The second-order valence-electron chi connectivity index (χ2n) is 10.2. The fourth-order valence-corrected chi connectivity index (χ4v) is 4.93. The molecule has 0 aliphatic carbocycles. The van der Waals surface area contributed by atoms with Crippen molar-refractivity contribution in [1.29, 1.82) is 0 Å². The summed E-state index contributed by atoms with van der Waals surface area (Å²) in [5, 5.41) is 6.86. The van der Waals surface area contributed by atoms with Gasteiger partial charge >= 0.3 is 6.18 Å². The summed E-state index contributed by atoms with van der Waals surface area (Å²) < 4.78 is 43.1. The van der Waals surface area contributed by atoms with Crippen LogP contribution in [0, 0.1) is 6.92 Å². The second kappa shape index (κ2) is 10.8. The molecule has 0 saturated carbocycles. The molecule has 0 radical (unpaired) electrons. The quantitative estimate of drug-likeness (QED) is 0.255. The summed E-state index contributed by atoms with van der Waals surface area (Å²) in [5.41, 5.74) is 2.08. The molecule has 10 nitrogen and oxygen atoms in total. The Balaban J connectivity index is 1.26. The lowest BCUT2D eigenvalue weighted by Crippen LogP contribution is -2.44. The normalized spacial score (nSPS) is 14.4. The maximum atomic E-state index is 13.8. The van der Waals surface area contributed by atoms with Gasteiger partial charge in [-0.05, 0) is 55.9 Å². The molecule has 3 N–H and O–H groups in total. The molecule has 1 fully saturated rings. The second-order valence-corrected chi connectivity index (χ2v) is 10.2. The van der Waals surface area contributed by atoms with E-state index in [0.29, 0.717) is 47.6 Å². The number of halogens is 3. The van der Waals surface area contributed by atoms with Gasteiger partial charge < -0.3 is 25.4 Å². The molecule has 216 valence electrons. The molecule has 1 saturated heterocycles. The van der Waals surface area contributed by atoms with Crippen molar-refractivity contribution in [1.82, 2.24) is 29.4 Å². The number of alkyl halides is 3. The maximum Gasteiger partial charge on any atom is 0.416 e. The van der Waals surface area contributed by atoms with E-state index in [1.807, 2.05) is 31.0 Å². The topological polar surface area (TPSA) is 107 Å². The van der Waals surface area contributed by atoms with Gasteiger partial charge in [-0.15, -0.1) is 0 Å². The molecule has 6 rings (SSSR count). The van der Waals surface area contributed by atoms with Crippen LogP contribution in [0.5, 0.6) is 0 Å². The Labute approximate surface area is 239 Å². The molecule has 5 aromatic rings. The number of imidazole rings is 1. The van der Waals surface area contributed by atoms with Gasteiger partial charge in [0.25, 0.3) is 5.91 Å². The average molecular weight is 576 g/mol. The van der Waals surface area contributed by atoms with Crippen LogP contribution in [-0.2, 0) is 6.18 Å². The Morgan fingerprint density at radius 2 is 1.81 bits per heavy atom. The first-order valence-corrected chi connectivity index (χ1v) is 13.3. The first kappa shape index (κ1) is 27.3. The van der Waals surface area contributed by atoms with Crippen molar-refractivity contribution in [2.45, 2.75) is 13.1 Å². The van der Waals surface area contributed by atoms with Gasteiger partial charge in [0, 0.05) is 67.4 Å². The SMILES string of the molecule is Cc1ccc(NC(=O)c2cc(N3CCN(C)CC3)cc(C(F)(F)F)c2)cc1Nc1nccn1-c1ncnc2[nH]ccc12. The molecule has 2 aromatic carbocycles. The number of amides is 1. The minimum atomic E-state index is -4.59. The third kappa shape index (κ3) is 5.50. The number of carbonyl (C=O) groups excluding carboxylic acids is 1. The minimum absolute atomic E-state index is 0.0661. The summed E-state index contributed by atoms with van der Waals surface area (Å²) in [7, 11) is 1.97. The molecule has 3 aromatic heterocycles. The van der Waals surface area contributed by atoms with Crippen LogP contribution in [0.3, 0.4) is 0 Å². The summed E-state index contributed by atoms with van der Waals surface area (Å²) >= 11 is 0. The molecule has 1 aliphatic heterocycles. The molecule has 0 unspecified atom stereocenters. The van der Waals surface area contributed by atoms with Crippen LogP contribution in [0.25, 0.3) is 16.9 Å². The number of aryl methyl sites for hydroxylation is 1. The van der Waals surface area contributed by atoms with Crippen molar-refractivity contribution in [3.8, 4) is 5.82 Å². The number of rotatable bonds is 6. The fraction of sp³-hybridized carbons (Fsp3) is 0.241. The number of nitrogens with one attached hydrogen (secondary N) is 3. The number of piperazine rings is 1. The van der Waals surface area contributed by atoms with Crippen molar-refractivity contribution >= 4 is 40.0 Å². The highest BCUT2D eigenvalue weighted by molar-refractivity contribution is 6.05. The van der Waals surface area contributed by atoms with Crippen LogP contribution in [0.1, 0.15) is 21.5 Å². The van der Waals surface area contributed by atoms with Crippen LogP contribution in [0.15, 0.2) is 67.4 Å². The largest absolute Gasteiger partial charge is 0.416 e. The van der Waals surface area contributed by atoms with Crippen molar-refractivity contribution < 1.29 is 18.0 Å². The smallest absolute Gasteiger partial charge is 0.369 e. The zero-order valence-electron chi connectivity index (χ0n) is 22.9. The van der Waals surface area contributed by atoms with Gasteiger partial charge in [-0.2, -0.15) is 13.2 Å². The Morgan fingerprint density at radius 1 is 1.00 bits per heavy atom. The Bertz CT molecular complexity index is 1750. The van der Waals surface area contributed by atoms with E-state index in [4.69, 9.17) is 0 Å². The van der Waals surface area contributed by atoms with Crippen LogP contribution in [0.2, 0.25) is 0 Å². The first-order chi connectivity index (χ1) is 20.2. The molecular formula is C29H28F3N9O. The van der Waals surface area contributed by atoms with E-state index in [1.54, 1.807) is 35.3 Å². The standard InChI is InChI=1S/C29H28F3N9O/c1-18-3-4-21(16-24(18)38-28-34-7-8-41(28)26-23-5-6-33-25(23)35-17-36-26)37-27(42)19-13-20(29(30,31)32)15-22(14-19)40-11-9-39(2)10-12-40/h3-8,13-17H,9-12H2,1-2H3,(H,34,38)(H,37,42)(H,33,35,36). The molecule has 0 spiro atoms. The highest BCUT2D eigenvalue weighted by atomic mass is 19.4. The fourth-order valence-electron chi connectivity index (χ4n) is 4.93. The predicted octanol–water partition coefficient (Wildman–Crippen LogP) is 5.22. The Kier molecular flexibility index (Phi) is 7.02. The highest BCUT2D eigenvalue weighted by Gasteiger charge is 2.32. The zero-order chi connectivity index (χ0) is 29.4. The lowest BCUT2D eigenvalue weighted by molar-refractivity contribution is -0.137. The lowest BCUT2D eigenvalue weighted by atomic mass is 10.1. The molecule has 1 aliphatic rings. The zero-order valence-corrected chi connectivity index (χ0v) is 22.9. The van der Waals surface area contributed by atoms with Crippen molar-refractivity contribution in [3.05, 3.63) is 84.1 Å². The minimum Gasteiger partial charge on any atom is -0.369 e. The maximum absolute atomic E-state index is 13.8. The van der Waals surface area contributed by atoms with Crippen molar-refractivity contribution in [2.24, 2.45) is 0 Å². The van der Waals surface area contributed by atoms with Crippen LogP contribution < -0.4 is 15.5 Å². The number of likely N-dealkylation sites (N-methyl/N-ethyl adjacent to an activating group) is 1. The highest BCUT2D eigenvalue weighted by Crippen LogP contribution is 2.34. The van der Waals surface area contributed by atoms with Crippen molar-refractivity contribution in [2.75, 3.05) is 48.8 Å².